The fourth-order valence-corrected chi connectivity index (χ4v) is 4.27. The van der Waals surface area contributed by atoms with Gasteiger partial charge in [-0.1, -0.05) is 39.0 Å². The lowest BCUT2D eigenvalue weighted by molar-refractivity contribution is 0.0808. The van der Waals surface area contributed by atoms with E-state index >= 15 is 0 Å². The Bertz CT molecular complexity index is 222. The molecule has 2 aliphatic carbocycles. The van der Waals surface area contributed by atoms with E-state index in [1.165, 1.54) is 77.4 Å². The maximum absolute atomic E-state index is 3.47. The molecule has 106 valence electrons. The number of hydrogen-bond acceptors (Lipinski definition) is 2. The number of nitrogens with one attached hydrogen (secondary N) is 1. The van der Waals surface area contributed by atoms with Crippen LogP contribution >= 0.6 is 0 Å². The van der Waals surface area contributed by atoms with Gasteiger partial charge < -0.3 is 10.2 Å². The van der Waals surface area contributed by atoms with Crippen molar-refractivity contribution in [2.24, 2.45) is 5.41 Å². The van der Waals surface area contributed by atoms with E-state index < -0.39 is 0 Å². The smallest absolute Gasteiger partial charge is 0.00953 e. The topological polar surface area (TPSA) is 15.3 Å². The molecule has 0 unspecified atom stereocenters. The molecule has 2 heteroatoms. The summed E-state index contributed by atoms with van der Waals surface area (Å²) in [4.78, 5) is 2.80. The predicted molar refractivity (Wildman–Crippen MR) is 78.9 cm³/mol. The van der Waals surface area contributed by atoms with Gasteiger partial charge in [-0.3, -0.25) is 0 Å². The van der Waals surface area contributed by atoms with Crippen LogP contribution in [0.4, 0.5) is 0 Å². The lowest BCUT2D eigenvalue weighted by Gasteiger charge is -2.43. The predicted octanol–water partition coefficient (Wildman–Crippen LogP) is 3.42. The minimum atomic E-state index is 0.575. The molecule has 0 spiro atoms. The Morgan fingerprint density at radius 2 is 1.72 bits per heavy atom. The summed E-state index contributed by atoms with van der Waals surface area (Å²) in [7, 11) is 2.13. The summed E-state index contributed by atoms with van der Waals surface area (Å²) < 4.78 is 0. The molecule has 0 aromatic heterocycles. The zero-order valence-corrected chi connectivity index (χ0v) is 12.5. The lowest BCUT2D eigenvalue weighted by Crippen LogP contribution is -2.47. The molecular weight excluding hydrogens is 220 g/mol. The Labute approximate surface area is 114 Å². The molecule has 18 heavy (non-hydrogen) atoms. The molecule has 0 aromatic carbocycles. The van der Waals surface area contributed by atoms with Crippen molar-refractivity contribution in [2.75, 3.05) is 26.7 Å². The summed E-state index contributed by atoms with van der Waals surface area (Å²) in [6.07, 6.45) is 13.1. The average molecular weight is 252 g/mol. The van der Waals surface area contributed by atoms with Gasteiger partial charge in [-0.25, -0.2) is 0 Å². The maximum Gasteiger partial charge on any atom is 0.00953 e. The van der Waals surface area contributed by atoms with Crippen LogP contribution in [0.25, 0.3) is 0 Å². The standard InChI is InChI=1S/C16H32N2/c1-3-18(15-9-5-6-10-15)14-16(13-17-2)11-7-4-8-12-16/h15,17H,3-14H2,1-2H3. The third-order valence-corrected chi connectivity index (χ3v) is 5.25. The van der Waals surface area contributed by atoms with Crippen molar-refractivity contribution in [3.8, 4) is 0 Å². The molecule has 2 fully saturated rings. The highest BCUT2D eigenvalue weighted by atomic mass is 15.2. The summed E-state index contributed by atoms with van der Waals surface area (Å²) in [5, 5.41) is 3.47. The third-order valence-electron chi connectivity index (χ3n) is 5.25. The van der Waals surface area contributed by atoms with E-state index in [-0.39, 0.29) is 0 Å². The second-order valence-electron chi connectivity index (χ2n) is 6.59. The second-order valence-corrected chi connectivity index (χ2v) is 6.59. The zero-order chi connectivity index (χ0) is 12.8. The fraction of sp³-hybridized carbons (Fsp3) is 1.00. The van der Waals surface area contributed by atoms with Gasteiger partial charge in [0.25, 0.3) is 0 Å². The van der Waals surface area contributed by atoms with Crippen LogP contribution in [0.2, 0.25) is 0 Å². The molecule has 0 radical (unpaired) electrons. The van der Waals surface area contributed by atoms with E-state index in [4.69, 9.17) is 0 Å². The quantitative estimate of drug-likeness (QED) is 0.779. The molecule has 0 amide bonds. The Balaban J connectivity index is 1.96. The number of hydrogen-bond donors (Lipinski definition) is 1. The van der Waals surface area contributed by atoms with Gasteiger partial charge in [0.2, 0.25) is 0 Å². The van der Waals surface area contributed by atoms with Crippen molar-refractivity contribution in [3.63, 3.8) is 0 Å². The van der Waals surface area contributed by atoms with E-state index in [0.717, 1.165) is 6.04 Å². The molecule has 0 bridgehead atoms. The van der Waals surface area contributed by atoms with Crippen LogP contribution in [0.15, 0.2) is 0 Å². The van der Waals surface area contributed by atoms with Gasteiger partial charge in [0.15, 0.2) is 0 Å². The highest BCUT2D eigenvalue weighted by molar-refractivity contribution is 4.90. The van der Waals surface area contributed by atoms with Crippen molar-refractivity contribution < 1.29 is 0 Å². The van der Waals surface area contributed by atoms with Crippen molar-refractivity contribution >= 4 is 0 Å². The first kappa shape index (κ1) is 14.3. The summed E-state index contributed by atoms with van der Waals surface area (Å²) in [6, 6.07) is 0.894. The van der Waals surface area contributed by atoms with Gasteiger partial charge in [0, 0.05) is 19.1 Å². The Hall–Kier alpha value is -0.0800. The van der Waals surface area contributed by atoms with Crippen LogP contribution in [0.1, 0.15) is 64.7 Å². The molecule has 2 saturated carbocycles. The van der Waals surface area contributed by atoms with Crippen LogP contribution in [0.3, 0.4) is 0 Å². The van der Waals surface area contributed by atoms with E-state index in [9.17, 15) is 0 Å². The fourth-order valence-electron chi connectivity index (χ4n) is 4.27. The van der Waals surface area contributed by atoms with Crippen molar-refractivity contribution in [1.82, 2.24) is 10.2 Å². The first-order valence-electron chi connectivity index (χ1n) is 8.18. The summed E-state index contributed by atoms with van der Waals surface area (Å²) in [6.45, 7) is 6.16. The minimum absolute atomic E-state index is 0.575. The molecule has 0 aromatic rings. The zero-order valence-electron chi connectivity index (χ0n) is 12.5. The molecule has 0 heterocycles. The highest BCUT2D eigenvalue weighted by Crippen LogP contribution is 2.38. The van der Waals surface area contributed by atoms with E-state index in [1.54, 1.807) is 0 Å². The molecule has 2 nitrogen and oxygen atoms in total. The minimum Gasteiger partial charge on any atom is -0.319 e. The summed E-state index contributed by atoms with van der Waals surface area (Å²) in [5.74, 6) is 0. The molecular formula is C16H32N2. The molecule has 0 saturated heterocycles. The van der Waals surface area contributed by atoms with E-state index in [2.05, 4.69) is 24.2 Å². The molecule has 1 N–H and O–H groups in total. The largest absolute Gasteiger partial charge is 0.319 e. The average Bonchev–Trinajstić information content (AvgIpc) is 2.91. The Morgan fingerprint density at radius 1 is 1.06 bits per heavy atom. The number of rotatable bonds is 6. The van der Waals surface area contributed by atoms with Gasteiger partial charge in [-0.2, -0.15) is 0 Å². The second kappa shape index (κ2) is 6.91. The normalized spacial score (nSPS) is 24.8. The molecule has 0 atom stereocenters. The van der Waals surface area contributed by atoms with Gasteiger partial charge in [-0.05, 0) is 44.7 Å². The van der Waals surface area contributed by atoms with Gasteiger partial charge in [-0.15, -0.1) is 0 Å². The van der Waals surface area contributed by atoms with Crippen LogP contribution in [-0.4, -0.2) is 37.6 Å². The summed E-state index contributed by atoms with van der Waals surface area (Å²) >= 11 is 0. The van der Waals surface area contributed by atoms with Gasteiger partial charge in [0.1, 0.15) is 0 Å². The van der Waals surface area contributed by atoms with Crippen LogP contribution in [0.5, 0.6) is 0 Å². The van der Waals surface area contributed by atoms with E-state index in [1.807, 2.05) is 0 Å². The summed E-state index contributed by atoms with van der Waals surface area (Å²) in [5.41, 5.74) is 0.575. The monoisotopic (exact) mass is 252 g/mol. The first-order valence-corrected chi connectivity index (χ1v) is 8.18. The maximum atomic E-state index is 3.47. The van der Waals surface area contributed by atoms with Crippen LogP contribution in [0, 0.1) is 5.41 Å². The van der Waals surface area contributed by atoms with Crippen LogP contribution < -0.4 is 5.32 Å². The van der Waals surface area contributed by atoms with Crippen LogP contribution in [-0.2, 0) is 0 Å². The first-order chi connectivity index (χ1) is 8.79. The number of nitrogens with zero attached hydrogens (tertiary/aromatic N) is 1. The van der Waals surface area contributed by atoms with Crippen molar-refractivity contribution in [2.45, 2.75) is 70.8 Å². The third kappa shape index (κ3) is 3.48. The lowest BCUT2D eigenvalue weighted by atomic mass is 9.73. The Kier molecular flexibility index (Phi) is 5.50. The van der Waals surface area contributed by atoms with Crippen molar-refractivity contribution in [3.05, 3.63) is 0 Å². The van der Waals surface area contributed by atoms with Gasteiger partial charge >= 0.3 is 0 Å². The van der Waals surface area contributed by atoms with Crippen molar-refractivity contribution in [1.29, 1.82) is 0 Å². The van der Waals surface area contributed by atoms with Gasteiger partial charge in [0.05, 0.1) is 0 Å². The highest BCUT2D eigenvalue weighted by Gasteiger charge is 2.35. The molecule has 2 rings (SSSR count). The SMILES string of the molecule is CCN(CC1(CNC)CCCCC1)C1CCCC1. The molecule has 2 aliphatic rings. The Morgan fingerprint density at radius 3 is 2.28 bits per heavy atom. The van der Waals surface area contributed by atoms with E-state index in [0.29, 0.717) is 5.41 Å². The molecule has 0 aliphatic heterocycles.